The first-order valence-electron chi connectivity index (χ1n) is 4.33. The van der Waals surface area contributed by atoms with Crippen molar-refractivity contribution in [3.05, 3.63) is 24.2 Å². The standard InChI is InChI=1S/C9H14N2O/c10-9-1-3-11(6-9)5-8-2-4-12-7-8/h2,4,7,9H,1,3,5-6,10H2/t9-/m1/s1. The zero-order chi connectivity index (χ0) is 8.39. The zero-order valence-corrected chi connectivity index (χ0v) is 7.07. The van der Waals surface area contributed by atoms with E-state index in [9.17, 15) is 0 Å². The Morgan fingerprint density at radius 3 is 3.17 bits per heavy atom. The van der Waals surface area contributed by atoms with Gasteiger partial charge in [0.1, 0.15) is 0 Å². The highest BCUT2D eigenvalue weighted by Crippen LogP contribution is 2.11. The molecule has 1 aliphatic rings. The van der Waals surface area contributed by atoms with Crippen molar-refractivity contribution in [1.29, 1.82) is 0 Å². The molecular weight excluding hydrogens is 152 g/mol. The van der Waals surface area contributed by atoms with E-state index in [-0.39, 0.29) is 0 Å². The van der Waals surface area contributed by atoms with Crippen LogP contribution in [-0.4, -0.2) is 24.0 Å². The van der Waals surface area contributed by atoms with Crippen molar-refractivity contribution in [1.82, 2.24) is 4.90 Å². The van der Waals surface area contributed by atoms with Crippen molar-refractivity contribution in [2.24, 2.45) is 5.73 Å². The monoisotopic (exact) mass is 166 g/mol. The summed E-state index contributed by atoms with van der Waals surface area (Å²) in [5.41, 5.74) is 7.03. The Morgan fingerprint density at radius 1 is 1.67 bits per heavy atom. The highest BCUT2D eigenvalue weighted by Gasteiger charge is 2.18. The van der Waals surface area contributed by atoms with Crippen LogP contribution < -0.4 is 5.73 Å². The van der Waals surface area contributed by atoms with Gasteiger partial charge in [-0.1, -0.05) is 0 Å². The lowest BCUT2D eigenvalue weighted by atomic mass is 10.3. The normalized spacial score (nSPS) is 24.9. The third-order valence-electron chi connectivity index (χ3n) is 2.30. The number of rotatable bonds is 2. The van der Waals surface area contributed by atoms with Crippen LogP contribution in [0.3, 0.4) is 0 Å². The molecule has 2 N–H and O–H groups in total. The molecule has 0 aliphatic carbocycles. The van der Waals surface area contributed by atoms with Crippen molar-refractivity contribution in [3.63, 3.8) is 0 Å². The number of furan rings is 1. The van der Waals surface area contributed by atoms with Crippen molar-refractivity contribution in [2.45, 2.75) is 19.0 Å². The van der Waals surface area contributed by atoms with Gasteiger partial charge in [0.25, 0.3) is 0 Å². The summed E-state index contributed by atoms with van der Waals surface area (Å²) in [5.74, 6) is 0. The smallest absolute Gasteiger partial charge is 0.0947 e. The average Bonchev–Trinajstić information content (AvgIpc) is 2.63. The van der Waals surface area contributed by atoms with E-state index in [0.717, 1.165) is 26.1 Å². The van der Waals surface area contributed by atoms with Crippen LogP contribution in [-0.2, 0) is 6.54 Å². The molecule has 66 valence electrons. The number of hydrogen-bond acceptors (Lipinski definition) is 3. The summed E-state index contributed by atoms with van der Waals surface area (Å²) in [6.45, 7) is 3.11. The lowest BCUT2D eigenvalue weighted by molar-refractivity contribution is 0.325. The molecular formula is C9H14N2O. The third kappa shape index (κ3) is 1.68. The minimum Gasteiger partial charge on any atom is -0.472 e. The molecule has 12 heavy (non-hydrogen) atoms. The van der Waals surface area contributed by atoms with E-state index in [4.69, 9.17) is 10.2 Å². The quantitative estimate of drug-likeness (QED) is 0.707. The molecule has 0 radical (unpaired) electrons. The maximum atomic E-state index is 5.79. The van der Waals surface area contributed by atoms with Gasteiger partial charge in [-0.25, -0.2) is 0 Å². The first kappa shape index (κ1) is 7.83. The summed E-state index contributed by atoms with van der Waals surface area (Å²) >= 11 is 0. The Balaban J connectivity index is 1.88. The van der Waals surface area contributed by atoms with Gasteiger partial charge in [-0.2, -0.15) is 0 Å². The molecule has 3 heteroatoms. The first-order valence-corrected chi connectivity index (χ1v) is 4.33. The summed E-state index contributed by atoms with van der Waals surface area (Å²) in [4.78, 5) is 2.36. The maximum Gasteiger partial charge on any atom is 0.0947 e. The van der Waals surface area contributed by atoms with Crippen LogP contribution in [0.2, 0.25) is 0 Å². The topological polar surface area (TPSA) is 42.4 Å². The van der Waals surface area contributed by atoms with E-state index in [1.165, 1.54) is 5.56 Å². The van der Waals surface area contributed by atoms with E-state index < -0.39 is 0 Å². The maximum absolute atomic E-state index is 5.79. The predicted octanol–water partition coefficient (Wildman–Crippen LogP) is 0.813. The molecule has 1 aromatic heterocycles. The molecule has 1 fully saturated rings. The van der Waals surface area contributed by atoms with Crippen molar-refractivity contribution < 1.29 is 4.42 Å². The Bertz CT molecular complexity index is 233. The summed E-state index contributed by atoms with van der Waals surface area (Å²) in [6, 6.07) is 2.38. The van der Waals surface area contributed by atoms with Gasteiger partial charge >= 0.3 is 0 Å². The summed E-state index contributed by atoms with van der Waals surface area (Å²) in [6.07, 6.45) is 4.63. The molecule has 0 aromatic carbocycles. The Hall–Kier alpha value is -0.800. The molecule has 0 amide bonds. The minimum absolute atomic E-state index is 0.372. The molecule has 1 aromatic rings. The highest BCUT2D eigenvalue weighted by molar-refractivity contribution is 5.05. The fourth-order valence-corrected chi connectivity index (χ4v) is 1.65. The van der Waals surface area contributed by atoms with Crippen LogP contribution in [0, 0.1) is 0 Å². The van der Waals surface area contributed by atoms with Crippen molar-refractivity contribution in [3.8, 4) is 0 Å². The molecule has 0 bridgehead atoms. The van der Waals surface area contributed by atoms with E-state index in [0.29, 0.717) is 6.04 Å². The minimum atomic E-state index is 0.372. The van der Waals surface area contributed by atoms with E-state index in [1.54, 1.807) is 12.5 Å². The van der Waals surface area contributed by atoms with Gasteiger partial charge in [0, 0.05) is 31.2 Å². The van der Waals surface area contributed by atoms with Crippen molar-refractivity contribution in [2.75, 3.05) is 13.1 Å². The number of nitrogens with two attached hydrogens (primary N) is 1. The second-order valence-electron chi connectivity index (χ2n) is 3.42. The molecule has 3 nitrogen and oxygen atoms in total. The first-order chi connectivity index (χ1) is 5.84. The van der Waals surface area contributed by atoms with E-state index in [2.05, 4.69) is 4.90 Å². The van der Waals surface area contributed by atoms with Gasteiger partial charge in [0.05, 0.1) is 12.5 Å². The summed E-state index contributed by atoms with van der Waals surface area (Å²) < 4.78 is 4.99. The summed E-state index contributed by atoms with van der Waals surface area (Å²) in [5, 5.41) is 0. The van der Waals surface area contributed by atoms with Crippen LogP contribution in [0.5, 0.6) is 0 Å². The number of nitrogens with zero attached hydrogens (tertiary/aromatic N) is 1. The second kappa shape index (κ2) is 3.29. The molecule has 0 spiro atoms. The van der Waals surface area contributed by atoms with Gasteiger partial charge in [-0.15, -0.1) is 0 Å². The Labute approximate surface area is 72.1 Å². The zero-order valence-electron chi connectivity index (χ0n) is 7.07. The average molecular weight is 166 g/mol. The molecule has 1 atom stereocenters. The molecule has 0 saturated carbocycles. The fourth-order valence-electron chi connectivity index (χ4n) is 1.65. The van der Waals surface area contributed by atoms with Crippen LogP contribution >= 0.6 is 0 Å². The summed E-state index contributed by atoms with van der Waals surface area (Å²) in [7, 11) is 0. The van der Waals surface area contributed by atoms with Crippen LogP contribution in [0.1, 0.15) is 12.0 Å². The highest BCUT2D eigenvalue weighted by atomic mass is 16.3. The van der Waals surface area contributed by atoms with Crippen molar-refractivity contribution >= 4 is 0 Å². The molecule has 0 unspecified atom stereocenters. The largest absolute Gasteiger partial charge is 0.472 e. The van der Waals surface area contributed by atoms with Crippen LogP contribution in [0.25, 0.3) is 0 Å². The third-order valence-corrected chi connectivity index (χ3v) is 2.30. The molecule has 1 saturated heterocycles. The lowest BCUT2D eigenvalue weighted by Crippen LogP contribution is -2.26. The Morgan fingerprint density at radius 2 is 2.58 bits per heavy atom. The molecule has 2 rings (SSSR count). The van der Waals surface area contributed by atoms with Crippen LogP contribution in [0.15, 0.2) is 23.0 Å². The fraction of sp³-hybridized carbons (Fsp3) is 0.556. The SMILES string of the molecule is N[C@@H]1CCN(Cc2ccoc2)C1. The second-order valence-corrected chi connectivity index (χ2v) is 3.42. The molecule has 2 heterocycles. The van der Waals surface area contributed by atoms with Gasteiger partial charge in [-0.3, -0.25) is 4.90 Å². The number of hydrogen-bond donors (Lipinski definition) is 1. The molecule has 1 aliphatic heterocycles. The Kier molecular flexibility index (Phi) is 2.15. The van der Waals surface area contributed by atoms with Gasteiger partial charge in [0.15, 0.2) is 0 Å². The van der Waals surface area contributed by atoms with Gasteiger partial charge < -0.3 is 10.2 Å². The van der Waals surface area contributed by atoms with E-state index in [1.807, 2.05) is 6.07 Å². The van der Waals surface area contributed by atoms with Crippen LogP contribution in [0.4, 0.5) is 0 Å². The van der Waals surface area contributed by atoms with E-state index >= 15 is 0 Å². The van der Waals surface area contributed by atoms with Gasteiger partial charge in [0.2, 0.25) is 0 Å². The lowest BCUT2D eigenvalue weighted by Gasteiger charge is -2.12. The number of likely N-dealkylation sites (tertiary alicyclic amines) is 1. The predicted molar refractivity (Wildman–Crippen MR) is 46.6 cm³/mol. The van der Waals surface area contributed by atoms with Gasteiger partial charge in [-0.05, 0) is 12.5 Å².